The summed E-state index contributed by atoms with van der Waals surface area (Å²) in [4.78, 5) is 25.5. The number of carbonyl (C=O) groups is 2. The molecule has 1 aliphatic carbocycles. The zero-order valence-corrected chi connectivity index (χ0v) is 12.8. The fourth-order valence-electron chi connectivity index (χ4n) is 2.98. The van der Waals surface area contributed by atoms with Gasteiger partial charge in [-0.05, 0) is 12.8 Å². The van der Waals surface area contributed by atoms with Crippen LogP contribution >= 0.6 is 0 Å². The number of furan rings is 1. The summed E-state index contributed by atoms with van der Waals surface area (Å²) in [6.07, 6.45) is 11.0. The first kappa shape index (κ1) is 16.2. The van der Waals surface area contributed by atoms with E-state index < -0.39 is 5.97 Å². The summed E-state index contributed by atoms with van der Waals surface area (Å²) in [6, 6.07) is 1.43. The summed E-state index contributed by atoms with van der Waals surface area (Å²) < 4.78 is 5.46. The van der Waals surface area contributed by atoms with E-state index in [1.54, 1.807) is 11.8 Å². The number of hydrogen-bond donors (Lipinski definition) is 1. The molecule has 0 aromatic carbocycles. The Morgan fingerprint density at radius 3 is 2.59 bits per heavy atom. The first-order valence-corrected chi connectivity index (χ1v) is 7.68. The van der Waals surface area contributed by atoms with E-state index in [-0.39, 0.29) is 29.8 Å². The highest BCUT2D eigenvalue weighted by molar-refractivity contribution is 5.96. The molecule has 1 fully saturated rings. The van der Waals surface area contributed by atoms with Gasteiger partial charge in [-0.15, -0.1) is 6.42 Å². The summed E-state index contributed by atoms with van der Waals surface area (Å²) in [5.41, 5.74) is 0.0511. The quantitative estimate of drug-likeness (QED) is 0.849. The maximum Gasteiger partial charge on any atom is 0.339 e. The number of nitrogens with zero attached hydrogens (tertiary/aromatic N) is 1. The van der Waals surface area contributed by atoms with Gasteiger partial charge >= 0.3 is 5.97 Å². The molecule has 1 saturated carbocycles. The van der Waals surface area contributed by atoms with Crippen LogP contribution in [0, 0.1) is 12.3 Å². The molecule has 0 spiro atoms. The van der Waals surface area contributed by atoms with Gasteiger partial charge in [0.2, 0.25) is 0 Å². The molecule has 0 aliphatic heterocycles. The van der Waals surface area contributed by atoms with Crippen LogP contribution < -0.4 is 0 Å². The van der Waals surface area contributed by atoms with Crippen LogP contribution in [0.3, 0.4) is 0 Å². The predicted octanol–water partition coefficient (Wildman–Crippen LogP) is 2.95. The molecule has 118 valence electrons. The lowest BCUT2D eigenvalue weighted by atomic mass is 9.94. The molecule has 1 amide bonds. The van der Waals surface area contributed by atoms with Crippen LogP contribution in [0.1, 0.15) is 65.7 Å². The summed E-state index contributed by atoms with van der Waals surface area (Å²) in [5, 5.41) is 9.17. The van der Waals surface area contributed by atoms with Crippen LogP contribution in [0.2, 0.25) is 0 Å². The van der Waals surface area contributed by atoms with Gasteiger partial charge in [-0.1, -0.05) is 32.1 Å². The van der Waals surface area contributed by atoms with Crippen LogP contribution in [-0.4, -0.2) is 34.5 Å². The van der Waals surface area contributed by atoms with E-state index >= 15 is 0 Å². The van der Waals surface area contributed by atoms with Crippen molar-refractivity contribution in [2.24, 2.45) is 0 Å². The monoisotopic (exact) mass is 303 g/mol. The maximum absolute atomic E-state index is 12.7. The highest BCUT2D eigenvalue weighted by Gasteiger charge is 2.29. The summed E-state index contributed by atoms with van der Waals surface area (Å²) in [6.45, 7) is 2.01. The Hall–Kier alpha value is -2.22. The van der Waals surface area contributed by atoms with Gasteiger partial charge in [-0.2, -0.15) is 0 Å². The Morgan fingerprint density at radius 1 is 1.41 bits per heavy atom. The van der Waals surface area contributed by atoms with Crippen molar-refractivity contribution in [1.29, 1.82) is 0 Å². The number of aromatic carboxylic acids is 1. The van der Waals surface area contributed by atoms with Crippen molar-refractivity contribution in [3.63, 3.8) is 0 Å². The lowest BCUT2D eigenvalue weighted by Crippen LogP contribution is -2.41. The van der Waals surface area contributed by atoms with Crippen LogP contribution in [-0.2, 0) is 6.42 Å². The minimum absolute atomic E-state index is 0.0511. The van der Waals surface area contributed by atoms with Crippen molar-refractivity contribution in [3.05, 3.63) is 23.2 Å². The van der Waals surface area contributed by atoms with Crippen LogP contribution in [0.5, 0.6) is 0 Å². The molecule has 0 atom stereocenters. The van der Waals surface area contributed by atoms with E-state index in [9.17, 15) is 9.59 Å². The second kappa shape index (κ2) is 7.17. The summed E-state index contributed by atoms with van der Waals surface area (Å²) in [5.74, 6) is 1.51. The fraction of sp³-hybridized carbons (Fsp3) is 0.529. The van der Waals surface area contributed by atoms with Gasteiger partial charge in [0.25, 0.3) is 5.91 Å². The van der Waals surface area contributed by atoms with Crippen molar-refractivity contribution in [3.8, 4) is 12.3 Å². The smallest absolute Gasteiger partial charge is 0.339 e. The highest BCUT2D eigenvalue weighted by Crippen LogP contribution is 2.25. The van der Waals surface area contributed by atoms with Crippen molar-refractivity contribution < 1.29 is 19.1 Å². The Balaban J connectivity index is 2.26. The van der Waals surface area contributed by atoms with Crippen molar-refractivity contribution in [2.45, 2.75) is 51.5 Å². The van der Waals surface area contributed by atoms with Crippen LogP contribution in [0.15, 0.2) is 10.5 Å². The lowest BCUT2D eigenvalue weighted by Gasteiger charge is -2.32. The van der Waals surface area contributed by atoms with E-state index in [4.69, 9.17) is 15.9 Å². The van der Waals surface area contributed by atoms with Gasteiger partial charge in [0.15, 0.2) is 5.76 Å². The van der Waals surface area contributed by atoms with E-state index in [1.807, 2.05) is 0 Å². The molecule has 1 aromatic rings. The van der Waals surface area contributed by atoms with Gasteiger partial charge in [0, 0.05) is 18.5 Å². The topological polar surface area (TPSA) is 70.8 Å². The Labute approximate surface area is 130 Å². The van der Waals surface area contributed by atoms with Gasteiger partial charge < -0.3 is 14.4 Å². The SMILES string of the molecule is C#CCN(C(=O)c1cc(C(=O)O)c(CC)o1)C1CCCCC1. The van der Waals surface area contributed by atoms with E-state index in [2.05, 4.69) is 5.92 Å². The lowest BCUT2D eigenvalue weighted by molar-refractivity contribution is 0.0631. The third-order valence-corrected chi connectivity index (χ3v) is 4.11. The number of terminal acetylenes is 1. The molecule has 2 rings (SSSR count). The van der Waals surface area contributed by atoms with Gasteiger partial charge in [0.1, 0.15) is 11.3 Å². The maximum atomic E-state index is 12.7. The van der Waals surface area contributed by atoms with Crippen molar-refractivity contribution in [1.82, 2.24) is 4.90 Å². The average Bonchev–Trinajstić information content (AvgIpc) is 2.97. The van der Waals surface area contributed by atoms with Crippen molar-refractivity contribution in [2.75, 3.05) is 6.54 Å². The van der Waals surface area contributed by atoms with Gasteiger partial charge in [-0.3, -0.25) is 4.79 Å². The van der Waals surface area contributed by atoms with Gasteiger partial charge in [-0.25, -0.2) is 4.79 Å². The fourth-order valence-corrected chi connectivity index (χ4v) is 2.98. The second-order valence-electron chi connectivity index (χ2n) is 5.54. The molecule has 22 heavy (non-hydrogen) atoms. The predicted molar refractivity (Wildman–Crippen MR) is 81.8 cm³/mol. The third kappa shape index (κ3) is 3.33. The highest BCUT2D eigenvalue weighted by atomic mass is 16.4. The van der Waals surface area contributed by atoms with E-state index in [0.717, 1.165) is 25.7 Å². The zero-order chi connectivity index (χ0) is 16.1. The largest absolute Gasteiger partial charge is 0.478 e. The molecule has 1 N–H and O–H groups in total. The van der Waals surface area contributed by atoms with Crippen LogP contribution in [0.25, 0.3) is 0 Å². The number of aryl methyl sites for hydroxylation is 1. The summed E-state index contributed by atoms with van der Waals surface area (Å²) >= 11 is 0. The average molecular weight is 303 g/mol. The second-order valence-corrected chi connectivity index (χ2v) is 5.54. The van der Waals surface area contributed by atoms with E-state index in [0.29, 0.717) is 12.2 Å². The van der Waals surface area contributed by atoms with Crippen molar-refractivity contribution >= 4 is 11.9 Å². The number of amides is 1. The summed E-state index contributed by atoms with van der Waals surface area (Å²) in [7, 11) is 0. The normalized spacial score (nSPS) is 15.3. The number of carboxylic acids is 1. The van der Waals surface area contributed by atoms with Gasteiger partial charge in [0.05, 0.1) is 6.54 Å². The van der Waals surface area contributed by atoms with Crippen LogP contribution in [0.4, 0.5) is 0 Å². The molecule has 0 unspecified atom stereocenters. The first-order chi connectivity index (χ1) is 10.6. The minimum atomic E-state index is -1.08. The molecular weight excluding hydrogens is 282 g/mol. The Morgan fingerprint density at radius 2 is 2.09 bits per heavy atom. The number of rotatable bonds is 5. The molecule has 0 saturated heterocycles. The number of carboxylic acid groups (broad SMARTS) is 1. The zero-order valence-electron chi connectivity index (χ0n) is 12.8. The third-order valence-electron chi connectivity index (χ3n) is 4.11. The molecule has 5 nitrogen and oxygen atoms in total. The van der Waals surface area contributed by atoms with E-state index in [1.165, 1.54) is 12.5 Å². The molecule has 0 radical (unpaired) electrons. The molecule has 1 aromatic heterocycles. The first-order valence-electron chi connectivity index (χ1n) is 7.68. The standard InChI is InChI=1S/C17H21NO4/c1-3-10-18(12-8-6-5-7-9-12)16(19)15-11-13(17(20)21)14(4-2)22-15/h1,11-12H,4-10H2,2H3,(H,20,21). The molecular formula is C17H21NO4. The number of hydrogen-bond acceptors (Lipinski definition) is 3. The Bertz CT molecular complexity index is 590. The molecule has 1 heterocycles. The number of carbonyl (C=O) groups excluding carboxylic acids is 1. The molecule has 5 heteroatoms. The molecule has 0 bridgehead atoms. The molecule has 1 aliphatic rings. The minimum Gasteiger partial charge on any atom is -0.478 e. The Kier molecular flexibility index (Phi) is 5.26.